The van der Waals surface area contributed by atoms with E-state index in [1.165, 1.54) is 21.9 Å². The predicted octanol–water partition coefficient (Wildman–Crippen LogP) is 10.4. The van der Waals surface area contributed by atoms with E-state index in [1.54, 1.807) is 6.07 Å². The molecule has 0 aliphatic carbocycles. The number of hydrogen-bond acceptors (Lipinski definition) is 1. The summed E-state index contributed by atoms with van der Waals surface area (Å²) in [6.45, 7) is 0. The molecule has 172 valence electrons. The highest BCUT2D eigenvalue weighted by atomic mass is 16.3. The van der Waals surface area contributed by atoms with Crippen LogP contribution in [0.1, 0.15) is 5.48 Å². The van der Waals surface area contributed by atoms with Gasteiger partial charge in [-0.05, 0) is 67.4 Å². The highest BCUT2D eigenvalue weighted by Crippen LogP contribution is 2.45. The molecule has 8 rings (SSSR count). The molecule has 8 aromatic rings. The van der Waals surface area contributed by atoms with Crippen molar-refractivity contribution >= 4 is 54.3 Å². The average molecular weight is 475 g/mol. The van der Waals surface area contributed by atoms with E-state index in [1.807, 2.05) is 18.2 Å². The van der Waals surface area contributed by atoms with Crippen molar-refractivity contribution in [3.63, 3.8) is 0 Å². The van der Waals surface area contributed by atoms with E-state index in [4.69, 9.17) is 9.90 Å². The maximum Gasteiger partial charge on any atom is 0.143 e. The Balaban J connectivity index is 1.47. The second kappa shape index (κ2) is 7.81. The minimum absolute atomic E-state index is 0.0551. The molecule has 0 aliphatic rings. The fourth-order valence-electron chi connectivity index (χ4n) is 5.77. The third kappa shape index (κ3) is 2.98. The highest BCUT2D eigenvalue weighted by molar-refractivity contribution is 6.22. The van der Waals surface area contributed by atoms with Crippen molar-refractivity contribution in [3.8, 4) is 22.3 Å². The summed E-state index contributed by atoms with van der Waals surface area (Å²) in [4.78, 5) is 0. The van der Waals surface area contributed by atoms with Crippen LogP contribution in [0.2, 0.25) is 0 Å². The molecule has 7 aromatic carbocycles. The van der Waals surface area contributed by atoms with Gasteiger partial charge in [-0.1, -0.05) is 115 Å². The van der Waals surface area contributed by atoms with Crippen LogP contribution in [-0.2, 0) is 0 Å². The largest absolute Gasteiger partial charge is 0.455 e. The lowest BCUT2D eigenvalue weighted by Gasteiger charge is -2.17. The van der Waals surface area contributed by atoms with Gasteiger partial charge in [-0.2, -0.15) is 0 Å². The molecule has 1 aromatic heterocycles. The van der Waals surface area contributed by atoms with Gasteiger partial charge in [0.05, 0.1) is 5.48 Å². The van der Waals surface area contributed by atoms with Crippen LogP contribution in [0.15, 0.2) is 138 Å². The zero-order valence-electron chi connectivity index (χ0n) is 23.8. The van der Waals surface area contributed by atoms with Crippen LogP contribution in [0, 0.1) is 0 Å². The molecule has 0 fully saturated rings. The molecule has 0 atom stereocenters. The first-order chi connectivity index (χ1) is 20.0. The zero-order chi connectivity index (χ0) is 27.8. The van der Waals surface area contributed by atoms with Crippen molar-refractivity contribution in [2.45, 2.75) is 0 Å². The fourth-order valence-corrected chi connectivity index (χ4v) is 5.77. The molecule has 37 heavy (non-hydrogen) atoms. The van der Waals surface area contributed by atoms with Crippen molar-refractivity contribution in [1.82, 2.24) is 0 Å². The smallest absolute Gasteiger partial charge is 0.143 e. The Kier molecular flexibility index (Phi) is 3.53. The second-order valence-corrected chi connectivity index (χ2v) is 9.39. The monoisotopic (exact) mass is 474 g/mol. The topological polar surface area (TPSA) is 13.1 Å². The summed E-state index contributed by atoms with van der Waals surface area (Å²) in [5.74, 6) is 0. The summed E-state index contributed by atoms with van der Waals surface area (Å²) in [7, 11) is 0. The Bertz CT molecular complexity index is 2300. The van der Waals surface area contributed by atoms with Crippen LogP contribution in [0.4, 0.5) is 0 Å². The molecule has 0 N–H and O–H groups in total. The summed E-state index contributed by atoms with van der Waals surface area (Å²) in [6.07, 6.45) is 0. The first-order valence-electron chi connectivity index (χ1n) is 14.4. The number of hydrogen-bond donors (Lipinski definition) is 0. The highest BCUT2D eigenvalue weighted by Gasteiger charge is 2.18. The fraction of sp³-hybridized carbons (Fsp3) is 0. The first-order valence-corrected chi connectivity index (χ1v) is 12.4. The summed E-state index contributed by atoms with van der Waals surface area (Å²) in [5.41, 5.74) is 5.77. The van der Waals surface area contributed by atoms with Crippen molar-refractivity contribution in [1.29, 1.82) is 0 Å². The molecular weight excluding hydrogens is 448 g/mol. The van der Waals surface area contributed by atoms with Crippen molar-refractivity contribution in [2.75, 3.05) is 0 Å². The number of rotatable bonds is 2. The number of fused-ring (bicyclic) bond motifs is 7. The van der Waals surface area contributed by atoms with Gasteiger partial charge in [0.2, 0.25) is 0 Å². The molecule has 0 unspecified atom stereocenters. The van der Waals surface area contributed by atoms with Gasteiger partial charge in [0, 0.05) is 16.2 Å². The van der Waals surface area contributed by atoms with Crippen LogP contribution < -0.4 is 0 Å². The normalized spacial score (nSPS) is 13.3. The molecule has 0 spiro atoms. The zero-order valence-corrected chi connectivity index (χ0v) is 19.8. The van der Waals surface area contributed by atoms with Crippen molar-refractivity contribution < 1.29 is 9.90 Å². The third-order valence-electron chi connectivity index (χ3n) is 7.37. The quantitative estimate of drug-likeness (QED) is 0.227. The Hall–Kier alpha value is -4.88. The lowest BCUT2D eigenvalue weighted by Crippen LogP contribution is -1.90. The van der Waals surface area contributed by atoms with E-state index < -0.39 is 0 Å². The molecular formula is C36H22O. The summed E-state index contributed by atoms with van der Waals surface area (Å²) >= 11 is 0. The van der Waals surface area contributed by atoms with Crippen molar-refractivity contribution in [3.05, 3.63) is 133 Å². The van der Waals surface area contributed by atoms with E-state index >= 15 is 0 Å². The molecule has 0 saturated heterocycles. The third-order valence-corrected chi connectivity index (χ3v) is 7.37. The van der Waals surface area contributed by atoms with Crippen LogP contribution in [0.3, 0.4) is 0 Å². The molecule has 0 amide bonds. The van der Waals surface area contributed by atoms with Gasteiger partial charge < -0.3 is 4.42 Å². The van der Waals surface area contributed by atoms with Gasteiger partial charge >= 0.3 is 0 Å². The summed E-state index contributed by atoms with van der Waals surface area (Å²) < 4.78 is 39.6. The van der Waals surface area contributed by atoms with E-state index in [0.29, 0.717) is 21.9 Å². The van der Waals surface area contributed by atoms with Crippen LogP contribution in [-0.4, -0.2) is 0 Å². The minimum Gasteiger partial charge on any atom is -0.455 e. The van der Waals surface area contributed by atoms with E-state index in [-0.39, 0.29) is 24.2 Å². The molecule has 0 bridgehead atoms. The van der Waals surface area contributed by atoms with Crippen LogP contribution in [0.25, 0.3) is 76.5 Å². The molecule has 0 radical (unpaired) electrons. The van der Waals surface area contributed by atoms with Gasteiger partial charge in [-0.3, -0.25) is 0 Å². The van der Waals surface area contributed by atoms with E-state index in [2.05, 4.69) is 84.9 Å². The number of furan rings is 1. The summed E-state index contributed by atoms with van der Waals surface area (Å²) in [6, 6.07) is 36.9. The molecule has 0 aliphatic heterocycles. The average Bonchev–Trinajstić information content (AvgIpc) is 3.39. The standard InChI is InChI=1S/C36H22O/c1-2-11-24(12-3-1)34-27-14-6-8-16-29(27)35(30-17-9-7-15-28(30)34)25-19-21-33-32(22-25)31-20-18-23-10-4-5-13-26(23)36(31)37-33/h1-22H/i4D,5D,10D,13D. The van der Waals surface area contributed by atoms with Crippen molar-refractivity contribution in [2.24, 2.45) is 0 Å². The van der Waals surface area contributed by atoms with E-state index in [0.717, 1.165) is 32.7 Å². The van der Waals surface area contributed by atoms with Gasteiger partial charge in [-0.15, -0.1) is 0 Å². The van der Waals surface area contributed by atoms with E-state index in [9.17, 15) is 0 Å². The second-order valence-electron chi connectivity index (χ2n) is 9.39. The van der Waals surface area contributed by atoms with Crippen LogP contribution in [0.5, 0.6) is 0 Å². The lowest BCUT2D eigenvalue weighted by atomic mass is 9.86. The maximum absolute atomic E-state index is 8.58. The predicted molar refractivity (Wildman–Crippen MR) is 157 cm³/mol. The van der Waals surface area contributed by atoms with Gasteiger partial charge in [0.1, 0.15) is 11.2 Å². The minimum atomic E-state index is -0.257. The first kappa shape index (κ1) is 16.7. The van der Waals surface area contributed by atoms with Gasteiger partial charge in [0.25, 0.3) is 0 Å². The molecule has 1 nitrogen and oxygen atoms in total. The summed E-state index contributed by atoms with van der Waals surface area (Å²) in [5, 5.41) is 7.30. The molecule has 0 saturated carbocycles. The Morgan fingerprint density at radius 3 is 1.78 bits per heavy atom. The lowest BCUT2D eigenvalue weighted by molar-refractivity contribution is 0.672. The Morgan fingerprint density at radius 1 is 0.459 bits per heavy atom. The Morgan fingerprint density at radius 2 is 1.08 bits per heavy atom. The van der Waals surface area contributed by atoms with Gasteiger partial charge in [-0.25, -0.2) is 0 Å². The molecule has 1 heteroatoms. The molecule has 1 heterocycles. The van der Waals surface area contributed by atoms with Gasteiger partial charge in [0.15, 0.2) is 0 Å². The SMILES string of the molecule is [2H]c1c([2H])c([2H])c2c(ccc3c4cc(-c5c6ccccc6c(-c6ccccc6)c6ccccc56)ccc4oc32)c1[2H]. The van der Waals surface area contributed by atoms with Crippen LogP contribution >= 0.6 is 0 Å². The maximum atomic E-state index is 8.58. The Labute approximate surface area is 219 Å². The number of benzene rings is 7.